The van der Waals surface area contributed by atoms with Crippen molar-refractivity contribution in [3.05, 3.63) is 82.4 Å². The lowest BCUT2D eigenvalue weighted by Gasteiger charge is -2.22. The third-order valence-electron chi connectivity index (χ3n) is 5.44. The van der Waals surface area contributed by atoms with E-state index in [1.807, 2.05) is 49.4 Å². The molecule has 0 aliphatic rings. The molecule has 0 bridgehead atoms. The van der Waals surface area contributed by atoms with Gasteiger partial charge in [0, 0.05) is 19.8 Å². The number of carboxylic acid groups (broad SMARTS) is 1. The molecule has 0 saturated carbocycles. The molecule has 0 saturated heterocycles. The Labute approximate surface area is 206 Å². The molecule has 11 heteroatoms. The Morgan fingerprint density at radius 3 is 2.23 bits per heavy atom. The van der Waals surface area contributed by atoms with Crippen LogP contribution in [-0.4, -0.2) is 42.9 Å². The van der Waals surface area contributed by atoms with Gasteiger partial charge in [0.1, 0.15) is 0 Å². The fourth-order valence-electron chi connectivity index (χ4n) is 3.59. The van der Waals surface area contributed by atoms with Gasteiger partial charge in [0.05, 0.1) is 16.6 Å². The molecule has 3 rings (SSSR count). The molecule has 2 atom stereocenters. The number of benzene rings is 3. The fourth-order valence-corrected chi connectivity index (χ4v) is 4.97. The monoisotopic (exact) mass is 518 g/mol. The number of amides is 2. The number of carbonyl (C=O) groups is 3. The Hall–Kier alpha value is -3.23. The maximum Gasteiger partial charge on any atom is 0.363 e. The molecule has 3 aromatic rings. The summed E-state index contributed by atoms with van der Waals surface area (Å²) in [5.41, 5.74) is 1.03. The Balaban J connectivity index is 1.78. The zero-order valence-corrected chi connectivity index (χ0v) is 20.8. The molecule has 0 aliphatic heterocycles. The summed E-state index contributed by atoms with van der Waals surface area (Å²) in [6.45, 7) is 1.86. The lowest BCUT2D eigenvalue weighted by Crippen LogP contribution is -2.41. The van der Waals surface area contributed by atoms with Crippen molar-refractivity contribution in [1.29, 1.82) is 0 Å². The normalized spacial score (nSPS) is 13.1. The minimum atomic E-state index is -4.16. The van der Waals surface area contributed by atoms with Crippen LogP contribution in [0.25, 0.3) is 10.8 Å². The van der Waals surface area contributed by atoms with Crippen molar-refractivity contribution >= 4 is 47.8 Å². The highest BCUT2D eigenvalue weighted by atomic mass is 35.5. The Kier molecular flexibility index (Phi) is 8.30. The van der Waals surface area contributed by atoms with Crippen LogP contribution in [0.1, 0.15) is 39.2 Å². The standard InChI is InChI=1S/C24H24ClN2O7P/c1-14(17-10-6-8-15-7-4-5-9-18(15)17)26-21(28)16-11-12-19(20(25)13-16)22(29)27-23(24(30)31)35(32,33-2)34-3/h4-14,23H,1-3H3,(H,26,28)(H,27,29)(H,30,31)/t14-,23+/m1/s1. The first-order chi connectivity index (χ1) is 16.6. The van der Waals surface area contributed by atoms with Gasteiger partial charge in [0.25, 0.3) is 11.8 Å². The maximum atomic E-state index is 12.9. The number of rotatable bonds is 9. The maximum absolute atomic E-state index is 12.9. The summed E-state index contributed by atoms with van der Waals surface area (Å²) in [6.07, 6.45) is 0. The number of fused-ring (bicyclic) bond motifs is 1. The largest absolute Gasteiger partial charge is 0.479 e. The first-order valence-corrected chi connectivity index (χ1v) is 12.4. The Morgan fingerprint density at radius 2 is 1.60 bits per heavy atom. The lowest BCUT2D eigenvalue weighted by molar-refractivity contribution is -0.137. The highest BCUT2D eigenvalue weighted by Gasteiger charge is 2.41. The number of halogens is 1. The molecule has 2 amide bonds. The average molecular weight is 519 g/mol. The van der Waals surface area contributed by atoms with E-state index in [9.17, 15) is 24.1 Å². The topological polar surface area (TPSA) is 131 Å². The van der Waals surface area contributed by atoms with Gasteiger partial charge >= 0.3 is 13.6 Å². The SMILES string of the molecule is COP(=O)(OC)[C@H](NC(=O)c1ccc(C(=O)N[C@H](C)c2cccc3ccccc23)cc1Cl)C(=O)O. The predicted octanol–water partition coefficient (Wildman–Crippen LogP) is 4.61. The van der Waals surface area contributed by atoms with Crippen molar-refractivity contribution in [2.24, 2.45) is 0 Å². The molecular weight excluding hydrogens is 495 g/mol. The first-order valence-electron chi connectivity index (χ1n) is 10.4. The van der Waals surface area contributed by atoms with Gasteiger partial charge in [-0.1, -0.05) is 54.1 Å². The number of hydrogen-bond acceptors (Lipinski definition) is 6. The van der Waals surface area contributed by atoms with Gasteiger partial charge < -0.3 is 24.8 Å². The van der Waals surface area contributed by atoms with Crippen molar-refractivity contribution in [2.75, 3.05) is 14.2 Å². The highest BCUT2D eigenvalue weighted by molar-refractivity contribution is 7.55. The minimum Gasteiger partial charge on any atom is -0.479 e. The Bertz CT molecular complexity index is 1320. The van der Waals surface area contributed by atoms with E-state index in [1.54, 1.807) is 0 Å². The van der Waals surface area contributed by atoms with Crippen LogP contribution in [0, 0.1) is 0 Å². The molecule has 0 unspecified atom stereocenters. The molecule has 0 aliphatic carbocycles. The number of carboxylic acids is 1. The van der Waals surface area contributed by atoms with E-state index in [4.69, 9.17) is 11.6 Å². The van der Waals surface area contributed by atoms with Crippen molar-refractivity contribution in [3.63, 3.8) is 0 Å². The zero-order valence-electron chi connectivity index (χ0n) is 19.2. The van der Waals surface area contributed by atoms with E-state index >= 15 is 0 Å². The van der Waals surface area contributed by atoms with Crippen LogP contribution in [0.15, 0.2) is 60.7 Å². The second-order valence-corrected chi connectivity index (χ2v) is 10.3. The molecule has 3 N–H and O–H groups in total. The van der Waals surface area contributed by atoms with Gasteiger partial charge in [-0.3, -0.25) is 14.2 Å². The van der Waals surface area contributed by atoms with Crippen LogP contribution in [0.4, 0.5) is 0 Å². The summed E-state index contributed by atoms with van der Waals surface area (Å²) < 4.78 is 21.8. The number of carbonyl (C=O) groups excluding carboxylic acids is 2. The predicted molar refractivity (Wildman–Crippen MR) is 132 cm³/mol. The Morgan fingerprint density at radius 1 is 0.943 bits per heavy atom. The van der Waals surface area contributed by atoms with Crippen molar-refractivity contribution in [2.45, 2.75) is 18.7 Å². The smallest absolute Gasteiger partial charge is 0.363 e. The van der Waals surface area contributed by atoms with E-state index in [-0.39, 0.29) is 22.2 Å². The van der Waals surface area contributed by atoms with Crippen LogP contribution in [0.2, 0.25) is 5.02 Å². The van der Waals surface area contributed by atoms with Crippen LogP contribution in [0.3, 0.4) is 0 Å². The van der Waals surface area contributed by atoms with Gasteiger partial charge in [-0.05, 0) is 41.5 Å². The number of nitrogens with one attached hydrogen (secondary N) is 2. The van der Waals surface area contributed by atoms with E-state index in [0.29, 0.717) is 0 Å². The average Bonchev–Trinajstić information content (AvgIpc) is 2.85. The summed E-state index contributed by atoms with van der Waals surface area (Å²) in [7, 11) is -2.15. The summed E-state index contributed by atoms with van der Waals surface area (Å²) in [5.74, 6) is -4.90. The second kappa shape index (κ2) is 11.0. The quantitative estimate of drug-likeness (QED) is 0.352. The van der Waals surface area contributed by atoms with Crippen LogP contribution in [0.5, 0.6) is 0 Å². The van der Waals surface area contributed by atoms with Crippen LogP contribution in [-0.2, 0) is 18.4 Å². The zero-order chi connectivity index (χ0) is 25.8. The van der Waals surface area contributed by atoms with Crippen molar-refractivity contribution < 1.29 is 33.1 Å². The summed E-state index contributed by atoms with van der Waals surface area (Å²) >= 11 is 6.23. The molecule has 0 spiro atoms. The van der Waals surface area contributed by atoms with Crippen molar-refractivity contribution in [3.8, 4) is 0 Å². The number of hydrogen-bond donors (Lipinski definition) is 3. The molecule has 0 aromatic heterocycles. The summed E-state index contributed by atoms with van der Waals surface area (Å²) in [4.78, 5) is 37.0. The molecular formula is C24H24ClN2O7P. The van der Waals surface area contributed by atoms with Gasteiger partial charge in [-0.25, -0.2) is 4.79 Å². The lowest BCUT2D eigenvalue weighted by atomic mass is 9.99. The second-order valence-electron chi connectivity index (χ2n) is 7.58. The number of aliphatic carboxylic acids is 1. The van der Waals surface area contributed by atoms with Gasteiger partial charge in [-0.15, -0.1) is 0 Å². The summed E-state index contributed by atoms with van der Waals surface area (Å²) in [5, 5.41) is 16.4. The van der Waals surface area contributed by atoms with E-state index in [1.165, 1.54) is 18.2 Å². The van der Waals surface area contributed by atoms with Gasteiger partial charge in [-0.2, -0.15) is 0 Å². The fraction of sp³-hybridized carbons (Fsp3) is 0.208. The van der Waals surface area contributed by atoms with Gasteiger partial charge in [0.2, 0.25) is 5.78 Å². The van der Waals surface area contributed by atoms with Crippen LogP contribution < -0.4 is 10.6 Å². The van der Waals surface area contributed by atoms with Gasteiger partial charge in [0.15, 0.2) is 0 Å². The third-order valence-corrected chi connectivity index (χ3v) is 7.75. The third kappa shape index (κ3) is 5.71. The molecule has 0 radical (unpaired) electrons. The molecule has 0 heterocycles. The molecule has 0 fully saturated rings. The van der Waals surface area contributed by atoms with Crippen LogP contribution >= 0.6 is 19.2 Å². The first kappa shape index (κ1) is 26.4. The molecule has 184 valence electrons. The highest BCUT2D eigenvalue weighted by Crippen LogP contribution is 2.50. The van der Waals surface area contributed by atoms with E-state index in [2.05, 4.69) is 19.7 Å². The van der Waals surface area contributed by atoms with E-state index in [0.717, 1.165) is 30.6 Å². The van der Waals surface area contributed by atoms with Crippen molar-refractivity contribution in [1.82, 2.24) is 10.6 Å². The molecule has 9 nitrogen and oxygen atoms in total. The van der Waals surface area contributed by atoms with E-state index < -0.39 is 31.2 Å². The minimum absolute atomic E-state index is 0.0956. The molecule has 35 heavy (non-hydrogen) atoms. The summed E-state index contributed by atoms with van der Waals surface area (Å²) in [6, 6.07) is 17.3. The molecule has 3 aromatic carbocycles.